The molecule has 0 N–H and O–H groups in total. The van der Waals surface area contributed by atoms with Gasteiger partial charge in [0.05, 0.1) is 17.9 Å². The number of carbonyl (C=O) groups excluding carboxylic acids is 1. The van der Waals surface area contributed by atoms with E-state index in [2.05, 4.69) is 4.98 Å². The predicted molar refractivity (Wildman–Crippen MR) is 50.9 cm³/mol. The molecule has 2 heterocycles. The summed E-state index contributed by atoms with van der Waals surface area (Å²) in [5, 5.41) is 0. The molecule has 80 valence electrons. The second kappa shape index (κ2) is 3.94. The molecule has 1 aromatic heterocycles. The predicted octanol–water partition coefficient (Wildman–Crippen LogP) is 0.692. The van der Waals surface area contributed by atoms with E-state index < -0.39 is 5.82 Å². The first kappa shape index (κ1) is 10.0. The third kappa shape index (κ3) is 1.97. The lowest BCUT2D eigenvalue weighted by atomic mass is 10.1. The van der Waals surface area contributed by atoms with Crippen LogP contribution in [0.5, 0.6) is 0 Å². The van der Waals surface area contributed by atoms with Crippen LogP contribution in [-0.2, 0) is 4.74 Å². The van der Waals surface area contributed by atoms with E-state index in [-0.39, 0.29) is 17.6 Å². The molecule has 1 aromatic rings. The van der Waals surface area contributed by atoms with Crippen LogP contribution in [0.4, 0.5) is 4.39 Å². The lowest BCUT2D eigenvalue weighted by molar-refractivity contribution is -0.0192. The second-order valence-electron chi connectivity index (χ2n) is 3.46. The van der Waals surface area contributed by atoms with Gasteiger partial charge in [0.2, 0.25) is 0 Å². The van der Waals surface area contributed by atoms with Gasteiger partial charge >= 0.3 is 0 Å². The quantitative estimate of drug-likeness (QED) is 0.721. The molecule has 0 aromatic carbocycles. The Morgan fingerprint density at radius 3 is 2.93 bits per heavy atom. The number of aromatic nitrogens is 1. The highest BCUT2D eigenvalue weighted by Crippen LogP contribution is 2.15. The minimum Gasteiger partial charge on any atom is -0.378 e. The number of amides is 1. The molecule has 5 heteroatoms. The maximum Gasteiger partial charge on any atom is 0.255 e. The van der Waals surface area contributed by atoms with Gasteiger partial charge in [0.15, 0.2) is 0 Å². The van der Waals surface area contributed by atoms with Crippen LogP contribution < -0.4 is 0 Å². The lowest BCUT2D eigenvalue weighted by Crippen LogP contribution is -2.54. The van der Waals surface area contributed by atoms with Crippen LogP contribution in [0.2, 0.25) is 0 Å². The van der Waals surface area contributed by atoms with Crippen molar-refractivity contribution in [1.29, 1.82) is 0 Å². The van der Waals surface area contributed by atoms with Crippen LogP contribution in [0.25, 0.3) is 0 Å². The zero-order chi connectivity index (χ0) is 10.8. The molecule has 0 bridgehead atoms. The topological polar surface area (TPSA) is 42.4 Å². The van der Waals surface area contributed by atoms with E-state index in [4.69, 9.17) is 4.74 Å². The van der Waals surface area contributed by atoms with Crippen molar-refractivity contribution in [3.63, 3.8) is 0 Å². The fraction of sp³-hybridized carbons (Fsp3) is 0.400. The molecule has 0 aliphatic carbocycles. The highest BCUT2D eigenvalue weighted by molar-refractivity contribution is 5.94. The van der Waals surface area contributed by atoms with Crippen LogP contribution >= 0.6 is 0 Å². The molecule has 1 fully saturated rings. The number of ether oxygens (including phenoxy) is 1. The maximum atomic E-state index is 12.8. The van der Waals surface area contributed by atoms with Crippen LogP contribution in [0.15, 0.2) is 18.5 Å². The molecule has 1 aliphatic heterocycles. The van der Waals surface area contributed by atoms with E-state index in [9.17, 15) is 9.18 Å². The summed E-state index contributed by atoms with van der Waals surface area (Å²) >= 11 is 0. The average Bonchev–Trinajstić information content (AvgIpc) is 2.16. The summed E-state index contributed by atoms with van der Waals surface area (Å²) in [4.78, 5) is 16.9. The number of pyridine rings is 1. The van der Waals surface area contributed by atoms with Crippen molar-refractivity contribution in [3.05, 3.63) is 29.8 Å². The smallest absolute Gasteiger partial charge is 0.255 e. The van der Waals surface area contributed by atoms with Crippen LogP contribution in [0.1, 0.15) is 10.4 Å². The van der Waals surface area contributed by atoms with Crippen molar-refractivity contribution in [2.24, 2.45) is 0 Å². The normalized spacial score (nSPS) is 16.3. The Kier molecular flexibility index (Phi) is 2.64. The zero-order valence-electron chi connectivity index (χ0n) is 8.31. The molecule has 0 atom stereocenters. The van der Waals surface area contributed by atoms with Crippen LogP contribution in [0, 0.1) is 5.82 Å². The van der Waals surface area contributed by atoms with Crippen molar-refractivity contribution < 1.29 is 13.9 Å². The highest BCUT2D eigenvalue weighted by Gasteiger charge is 2.31. The first-order chi connectivity index (χ1) is 7.20. The maximum absolute atomic E-state index is 12.8. The highest BCUT2D eigenvalue weighted by atomic mass is 19.1. The minimum absolute atomic E-state index is 0.107. The number of rotatable bonds is 2. The molecule has 1 amide bonds. The summed E-state index contributed by atoms with van der Waals surface area (Å²) in [5.41, 5.74) is 0.282. The minimum atomic E-state index is -0.496. The molecule has 4 nitrogen and oxygen atoms in total. The summed E-state index contributed by atoms with van der Waals surface area (Å²) in [7, 11) is 1.61. The van der Waals surface area contributed by atoms with Gasteiger partial charge in [-0.1, -0.05) is 0 Å². The average molecular weight is 210 g/mol. The summed E-state index contributed by atoms with van der Waals surface area (Å²) in [6, 6.07) is 1.19. The first-order valence-corrected chi connectivity index (χ1v) is 4.63. The number of hydrogen-bond acceptors (Lipinski definition) is 3. The van der Waals surface area contributed by atoms with Gasteiger partial charge in [-0.15, -0.1) is 0 Å². The van der Waals surface area contributed by atoms with Gasteiger partial charge in [-0.05, 0) is 6.07 Å². The SMILES string of the molecule is COC1CN(C(=O)c2cncc(F)c2)C1. The Morgan fingerprint density at radius 2 is 2.33 bits per heavy atom. The van der Waals surface area contributed by atoms with E-state index in [1.807, 2.05) is 0 Å². The van der Waals surface area contributed by atoms with Crippen molar-refractivity contribution >= 4 is 5.91 Å². The van der Waals surface area contributed by atoms with E-state index in [0.29, 0.717) is 13.1 Å². The Bertz CT molecular complexity index is 377. The lowest BCUT2D eigenvalue weighted by Gasteiger charge is -2.38. The van der Waals surface area contributed by atoms with Gasteiger partial charge in [-0.3, -0.25) is 9.78 Å². The first-order valence-electron chi connectivity index (χ1n) is 4.63. The van der Waals surface area contributed by atoms with Gasteiger partial charge in [-0.25, -0.2) is 4.39 Å². The van der Waals surface area contributed by atoms with E-state index in [1.165, 1.54) is 12.3 Å². The van der Waals surface area contributed by atoms with Gasteiger partial charge in [-0.2, -0.15) is 0 Å². The van der Waals surface area contributed by atoms with Gasteiger partial charge in [0.1, 0.15) is 5.82 Å². The summed E-state index contributed by atoms with van der Waals surface area (Å²) < 4.78 is 17.8. The third-order valence-electron chi connectivity index (χ3n) is 2.42. The van der Waals surface area contributed by atoms with Gasteiger partial charge in [0.25, 0.3) is 5.91 Å². The molecule has 0 unspecified atom stereocenters. The van der Waals surface area contributed by atoms with Crippen molar-refractivity contribution in [3.8, 4) is 0 Å². The molecule has 0 spiro atoms. The summed E-state index contributed by atoms with van der Waals surface area (Å²) in [6.45, 7) is 1.12. The van der Waals surface area contributed by atoms with Crippen molar-refractivity contribution in [2.75, 3.05) is 20.2 Å². The van der Waals surface area contributed by atoms with Crippen LogP contribution in [0.3, 0.4) is 0 Å². The van der Waals surface area contributed by atoms with Crippen LogP contribution in [-0.4, -0.2) is 42.1 Å². The Balaban J connectivity index is 2.03. The zero-order valence-corrected chi connectivity index (χ0v) is 8.31. The number of nitrogens with zero attached hydrogens (tertiary/aromatic N) is 2. The molecule has 0 saturated carbocycles. The van der Waals surface area contributed by atoms with Gasteiger partial charge < -0.3 is 9.64 Å². The number of likely N-dealkylation sites (tertiary alicyclic amines) is 1. The number of hydrogen-bond donors (Lipinski definition) is 0. The molecule has 1 saturated heterocycles. The molecular weight excluding hydrogens is 199 g/mol. The van der Waals surface area contributed by atoms with E-state index >= 15 is 0 Å². The van der Waals surface area contributed by atoms with E-state index in [0.717, 1.165) is 6.20 Å². The van der Waals surface area contributed by atoms with Crippen molar-refractivity contribution in [1.82, 2.24) is 9.88 Å². The van der Waals surface area contributed by atoms with Crippen molar-refractivity contribution in [2.45, 2.75) is 6.10 Å². The fourth-order valence-corrected chi connectivity index (χ4v) is 1.46. The number of carbonyl (C=O) groups is 1. The molecule has 2 rings (SSSR count). The number of halogens is 1. The Morgan fingerprint density at radius 1 is 1.60 bits per heavy atom. The molecular formula is C10H11FN2O2. The Labute approximate surface area is 86.7 Å². The second-order valence-corrected chi connectivity index (χ2v) is 3.46. The molecule has 15 heavy (non-hydrogen) atoms. The third-order valence-corrected chi connectivity index (χ3v) is 2.42. The molecule has 0 radical (unpaired) electrons. The monoisotopic (exact) mass is 210 g/mol. The number of methoxy groups -OCH3 is 1. The summed E-state index contributed by atoms with van der Waals surface area (Å²) in [6.07, 6.45) is 2.55. The summed E-state index contributed by atoms with van der Waals surface area (Å²) in [5.74, 6) is -0.694. The van der Waals surface area contributed by atoms with Gasteiger partial charge in [0, 0.05) is 26.4 Å². The largest absolute Gasteiger partial charge is 0.378 e. The standard InChI is InChI=1S/C10H11FN2O2/c1-15-9-5-13(6-9)10(14)7-2-8(11)4-12-3-7/h2-4,9H,5-6H2,1H3. The molecule has 1 aliphatic rings. The van der Waals surface area contributed by atoms with E-state index in [1.54, 1.807) is 12.0 Å². The Hall–Kier alpha value is -1.49. The fourth-order valence-electron chi connectivity index (χ4n) is 1.46.